The highest BCUT2D eigenvalue weighted by Gasteiger charge is 2.64. The zero-order chi connectivity index (χ0) is 14.4. The van der Waals surface area contributed by atoms with Crippen molar-refractivity contribution in [3.8, 4) is 0 Å². The number of carboxylic acid groups (broad SMARTS) is 1. The average Bonchev–Trinajstić information content (AvgIpc) is 2.66. The molecular weight excluding hydrogens is 240 g/mol. The highest BCUT2D eigenvalue weighted by atomic mass is 16.4. The van der Waals surface area contributed by atoms with Gasteiger partial charge in [-0.3, -0.25) is 4.98 Å². The van der Waals surface area contributed by atoms with Gasteiger partial charge in [0.15, 0.2) is 0 Å². The molecule has 1 aliphatic carbocycles. The molecule has 1 aliphatic rings. The lowest BCUT2D eigenvalue weighted by atomic mass is 10.0. The normalized spacial score (nSPS) is 20.1. The predicted octanol–water partition coefficient (Wildman–Crippen LogP) is 3.18. The van der Waals surface area contributed by atoms with Gasteiger partial charge in [-0.2, -0.15) is 0 Å². The molecule has 4 heteroatoms. The van der Waals surface area contributed by atoms with Crippen LogP contribution in [0.3, 0.4) is 0 Å². The third-order valence-electron chi connectivity index (χ3n) is 5.09. The molecule has 0 saturated heterocycles. The Kier molecular flexibility index (Phi) is 3.07. The molecule has 1 aromatic rings. The van der Waals surface area contributed by atoms with E-state index in [0.29, 0.717) is 22.4 Å². The Morgan fingerprint density at radius 2 is 1.95 bits per heavy atom. The number of nitrogens with one attached hydrogen (secondary N) is 1. The van der Waals surface area contributed by atoms with Crippen LogP contribution < -0.4 is 5.32 Å². The van der Waals surface area contributed by atoms with Crippen molar-refractivity contribution in [1.82, 2.24) is 4.98 Å². The fourth-order valence-electron chi connectivity index (χ4n) is 2.93. The second-order valence-corrected chi connectivity index (χ2v) is 6.55. The largest absolute Gasteiger partial charge is 0.478 e. The van der Waals surface area contributed by atoms with E-state index >= 15 is 0 Å². The van der Waals surface area contributed by atoms with Gasteiger partial charge in [-0.15, -0.1) is 0 Å². The summed E-state index contributed by atoms with van der Waals surface area (Å²) in [6, 6.07) is 1.80. The summed E-state index contributed by atoms with van der Waals surface area (Å²) >= 11 is 0. The van der Waals surface area contributed by atoms with Crippen molar-refractivity contribution < 1.29 is 9.90 Å². The number of pyridine rings is 1. The SMILES string of the molecule is Cc1cc(NCC2C(C)(C)C2(C)C)c(C(=O)O)cn1. The third kappa shape index (κ3) is 2.20. The molecule has 1 aromatic heterocycles. The van der Waals surface area contributed by atoms with E-state index in [1.165, 1.54) is 6.20 Å². The summed E-state index contributed by atoms with van der Waals surface area (Å²) in [6.07, 6.45) is 1.42. The van der Waals surface area contributed by atoms with Crippen LogP contribution in [0, 0.1) is 23.7 Å². The van der Waals surface area contributed by atoms with Crippen molar-refractivity contribution >= 4 is 11.7 Å². The average molecular weight is 262 g/mol. The number of hydrogen-bond acceptors (Lipinski definition) is 3. The summed E-state index contributed by atoms with van der Waals surface area (Å²) in [5.74, 6) is -0.389. The van der Waals surface area contributed by atoms with E-state index < -0.39 is 5.97 Å². The minimum atomic E-state index is -0.940. The highest BCUT2D eigenvalue weighted by molar-refractivity contribution is 5.93. The monoisotopic (exact) mass is 262 g/mol. The number of carbonyl (C=O) groups is 1. The van der Waals surface area contributed by atoms with Gasteiger partial charge in [0.2, 0.25) is 0 Å². The van der Waals surface area contributed by atoms with E-state index in [0.717, 1.165) is 12.2 Å². The van der Waals surface area contributed by atoms with Gasteiger partial charge in [0.1, 0.15) is 5.56 Å². The molecule has 1 heterocycles. The number of aromatic nitrogens is 1. The van der Waals surface area contributed by atoms with Crippen LogP contribution in [0.4, 0.5) is 5.69 Å². The maximum absolute atomic E-state index is 11.2. The molecule has 0 aromatic carbocycles. The molecule has 0 spiro atoms. The molecule has 104 valence electrons. The Balaban J connectivity index is 2.13. The first kappa shape index (κ1) is 13.8. The molecule has 0 bridgehead atoms. The van der Waals surface area contributed by atoms with Gasteiger partial charge < -0.3 is 10.4 Å². The van der Waals surface area contributed by atoms with E-state index in [1.54, 1.807) is 6.07 Å². The van der Waals surface area contributed by atoms with Crippen LogP contribution in [-0.2, 0) is 0 Å². The van der Waals surface area contributed by atoms with E-state index in [-0.39, 0.29) is 5.56 Å². The molecule has 0 atom stereocenters. The van der Waals surface area contributed by atoms with Gasteiger partial charge in [-0.1, -0.05) is 27.7 Å². The van der Waals surface area contributed by atoms with Gasteiger partial charge in [-0.25, -0.2) is 4.79 Å². The summed E-state index contributed by atoms with van der Waals surface area (Å²) in [5, 5.41) is 12.5. The van der Waals surface area contributed by atoms with E-state index in [2.05, 4.69) is 38.0 Å². The van der Waals surface area contributed by atoms with Crippen molar-refractivity contribution in [2.75, 3.05) is 11.9 Å². The minimum Gasteiger partial charge on any atom is -0.478 e. The van der Waals surface area contributed by atoms with Gasteiger partial charge in [-0.05, 0) is 29.7 Å². The number of carboxylic acids is 1. The van der Waals surface area contributed by atoms with Gasteiger partial charge in [0, 0.05) is 18.4 Å². The van der Waals surface area contributed by atoms with Crippen LogP contribution in [-0.4, -0.2) is 22.6 Å². The molecule has 0 aliphatic heterocycles. The lowest BCUT2D eigenvalue weighted by Crippen LogP contribution is -2.12. The molecule has 19 heavy (non-hydrogen) atoms. The van der Waals surface area contributed by atoms with Crippen LogP contribution in [0.25, 0.3) is 0 Å². The van der Waals surface area contributed by atoms with Crippen LogP contribution in [0.2, 0.25) is 0 Å². The molecule has 2 N–H and O–H groups in total. The quantitative estimate of drug-likeness (QED) is 0.874. The van der Waals surface area contributed by atoms with Crippen LogP contribution in [0.5, 0.6) is 0 Å². The number of hydrogen-bond donors (Lipinski definition) is 2. The first-order chi connectivity index (χ1) is 8.68. The maximum atomic E-state index is 11.2. The number of aryl methyl sites for hydroxylation is 1. The summed E-state index contributed by atoms with van der Waals surface area (Å²) in [4.78, 5) is 15.2. The number of nitrogens with zero attached hydrogens (tertiary/aromatic N) is 1. The Morgan fingerprint density at radius 1 is 1.37 bits per heavy atom. The zero-order valence-corrected chi connectivity index (χ0v) is 12.2. The summed E-state index contributed by atoms with van der Waals surface area (Å²) < 4.78 is 0. The predicted molar refractivity (Wildman–Crippen MR) is 75.5 cm³/mol. The summed E-state index contributed by atoms with van der Waals surface area (Å²) in [5.41, 5.74) is 2.32. The number of aromatic carboxylic acids is 1. The van der Waals surface area contributed by atoms with Crippen LogP contribution in [0.15, 0.2) is 12.3 Å². The van der Waals surface area contributed by atoms with Gasteiger partial charge in [0.25, 0.3) is 0 Å². The molecule has 1 fully saturated rings. The Labute approximate surface area is 114 Å². The second kappa shape index (κ2) is 4.22. The fourth-order valence-corrected chi connectivity index (χ4v) is 2.93. The molecule has 0 unspecified atom stereocenters. The highest BCUT2D eigenvalue weighted by Crippen LogP contribution is 2.68. The molecule has 4 nitrogen and oxygen atoms in total. The van der Waals surface area contributed by atoms with Crippen molar-refractivity contribution in [3.63, 3.8) is 0 Å². The summed E-state index contributed by atoms with van der Waals surface area (Å²) in [6.45, 7) is 11.7. The molecule has 0 amide bonds. The second-order valence-electron chi connectivity index (χ2n) is 6.55. The first-order valence-electron chi connectivity index (χ1n) is 6.61. The third-order valence-corrected chi connectivity index (χ3v) is 5.09. The first-order valence-corrected chi connectivity index (χ1v) is 6.61. The van der Waals surface area contributed by atoms with Gasteiger partial charge in [0.05, 0.1) is 5.69 Å². The van der Waals surface area contributed by atoms with Crippen molar-refractivity contribution in [2.45, 2.75) is 34.6 Å². The minimum absolute atomic E-state index is 0.238. The molecule has 0 radical (unpaired) electrons. The lowest BCUT2D eigenvalue weighted by molar-refractivity contribution is 0.0697. The smallest absolute Gasteiger partial charge is 0.339 e. The van der Waals surface area contributed by atoms with Crippen LogP contribution in [0.1, 0.15) is 43.7 Å². The van der Waals surface area contributed by atoms with E-state index in [1.807, 2.05) is 6.92 Å². The molecular formula is C15H22N2O2. The van der Waals surface area contributed by atoms with Gasteiger partial charge >= 0.3 is 5.97 Å². The lowest BCUT2D eigenvalue weighted by Gasteiger charge is -2.11. The fraction of sp³-hybridized carbons (Fsp3) is 0.600. The molecule has 1 saturated carbocycles. The van der Waals surface area contributed by atoms with E-state index in [4.69, 9.17) is 5.11 Å². The Hall–Kier alpha value is -1.58. The standard InChI is InChI=1S/C15H22N2O2/c1-9-6-11(10(7-16-9)13(18)19)17-8-12-14(2,3)15(12,4)5/h6-7,12H,8H2,1-5H3,(H,16,17)(H,18,19). The number of rotatable bonds is 4. The zero-order valence-electron chi connectivity index (χ0n) is 12.2. The molecule has 2 rings (SSSR count). The summed E-state index contributed by atoms with van der Waals surface area (Å²) in [7, 11) is 0. The Bertz CT molecular complexity index is 507. The van der Waals surface area contributed by atoms with Crippen molar-refractivity contribution in [2.24, 2.45) is 16.7 Å². The van der Waals surface area contributed by atoms with Crippen molar-refractivity contribution in [1.29, 1.82) is 0 Å². The van der Waals surface area contributed by atoms with E-state index in [9.17, 15) is 4.79 Å². The maximum Gasteiger partial charge on any atom is 0.339 e. The Morgan fingerprint density at radius 3 is 2.42 bits per heavy atom. The topological polar surface area (TPSA) is 62.2 Å². The number of anilines is 1. The van der Waals surface area contributed by atoms with Crippen LogP contribution >= 0.6 is 0 Å². The van der Waals surface area contributed by atoms with Crippen molar-refractivity contribution in [3.05, 3.63) is 23.5 Å².